The number of hydrogen-bond acceptors (Lipinski definition) is 5. The molecule has 3 N–H and O–H groups in total. The number of ether oxygens (including phenoxy) is 2. The van der Waals surface area contributed by atoms with Gasteiger partial charge in [0.25, 0.3) is 0 Å². The summed E-state index contributed by atoms with van der Waals surface area (Å²) in [7, 11) is 1.33. The molecule has 0 unspecified atom stereocenters. The fraction of sp³-hybridized carbons (Fsp3) is 0.467. The average Bonchev–Trinajstić information content (AvgIpc) is 2.50. The van der Waals surface area contributed by atoms with Gasteiger partial charge in [-0.15, -0.1) is 0 Å². The lowest BCUT2D eigenvalue weighted by Gasteiger charge is -2.10. The Kier molecular flexibility index (Phi) is 7.89. The number of alkyl carbamates (subject to hydrolysis) is 1. The Bertz CT molecular complexity index is 437. The van der Waals surface area contributed by atoms with Gasteiger partial charge in [-0.25, -0.2) is 4.79 Å². The molecule has 0 spiro atoms. The summed E-state index contributed by atoms with van der Waals surface area (Å²) in [5.41, 5.74) is 6.69. The van der Waals surface area contributed by atoms with Gasteiger partial charge in [0.2, 0.25) is 0 Å². The minimum Gasteiger partial charge on any atom is -0.469 e. The molecular formula is C15H22N2O4. The van der Waals surface area contributed by atoms with Crippen LogP contribution in [0.2, 0.25) is 0 Å². The highest BCUT2D eigenvalue weighted by molar-refractivity contribution is 5.69. The molecular weight excluding hydrogens is 272 g/mol. The molecule has 1 aromatic carbocycles. The highest BCUT2D eigenvalue weighted by Crippen LogP contribution is 2.01. The lowest BCUT2D eigenvalue weighted by Crippen LogP contribution is -2.28. The quantitative estimate of drug-likeness (QED) is 0.561. The highest BCUT2D eigenvalue weighted by Gasteiger charge is 2.09. The molecule has 0 fully saturated rings. The van der Waals surface area contributed by atoms with Crippen LogP contribution < -0.4 is 11.1 Å². The third kappa shape index (κ3) is 7.94. The third-order valence-corrected chi connectivity index (χ3v) is 2.89. The van der Waals surface area contributed by atoms with Crippen molar-refractivity contribution in [1.82, 2.24) is 5.32 Å². The van der Waals surface area contributed by atoms with Gasteiger partial charge in [0.15, 0.2) is 0 Å². The Balaban J connectivity index is 2.07. The standard InChI is InChI=1S/C15H22N2O4/c1-20-14(18)10-13(16)8-5-9-17-15(19)21-11-12-6-3-2-4-7-12/h2-4,6-7,13H,5,8-11,16H2,1H3,(H,17,19)/t13-/m0/s1. The first-order chi connectivity index (χ1) is 10.1. The van der Waals surface area contributed by atoms with Crippen LogP contribution in [0.15, 0.2) is 30.3 Å². The van der Waals surface area contributed by atoms with Crippen LogP contribution in [0.25, 0.3) is 0 Å². The van der Waals surface area contributed by atoms with Crippen molar-refractivity contribution in [2.75, 3.05) is 13.7 Å². The Morgan fingerprint density at radius 2 is 2.00 bits per heavy atom. The summed E-state index contributed by atoms with van der Waals surface area (Å²) in [5, 5.41) is 2.64. The number of nitrogens with two attached hydrogens (primary N) is 1. The second-order valence-corrected chi connectivity index (χ2v) is 4.67. The zero-order valence-corrected chi connectivity index (χ0v) is 12.2. The molecule has 1 rings (SSSR count). The van der Waals surface area contributed by atoms with E-state index in [1.54, 1.807) is 0 Å². The van der Waals surface area contributed by atoms with Crippen LogP contribution in [0.1, 0.15) is 24.8 Å². The molecule has 1 aromatic rings. The summed E-state index contributed by atoms with van der Waals surface area (Å²) in [6, 6.07) is 9.21. The number of carbonyl (C=O) groups excluding carboxylic acids is 2. The molecule has 6 nitrogen and oxygen atoms in total. The van der Waals surface area contributed by atoms with Crippen molar-refractivity contribution in [3.63, 3.8) is 0 Å². The number of carbonyl (C=O) groups is 2. The first-order valence-electron chi connectivity index (χ1n) is 6.88. The lowest BCUT2D eigenvalue weighted by molar-refractivity contribution is -0.141. The van der Waals surface area contributed by atoms with Crippen molar-refractivity contribution in [2.45, 2.75) is 31.9 Å². The normalized spacial score (nSPS) is 11.5. The van der Waals surface area contributed by atoms with E-state index >= 15 is 0 Å². The summed E-state index contributed by atoms with van der Waals surface area (Å²) >= 11 is 0. The van der Waals surface area contributed by atoms with Crippen LogP contribution in [-0.4, -0.2) is 31.8 Å². The molecule has 1 atom stereocenters. The molecule has 1 amide bonds. The number of nitrogens with one attached hydrogen (secondary N) is 1. The van der Waals surface area contributed by atoms with Gasteiger partial charge in [-0.05, 0) is 18.4 Å². The first kappa shape index (κ1) is 17.0. The maximum atomic E-state index is 11.4. The average molecular weight is 294 g/mol. The van der Waals surface area contributed by atoms with Crippen LogP contribution in [0.5, 0.6) is 0 Å². The van der Waals surface area contributed by atoms with E-state index in [0.29, 0.717) is 19.4 Å². The summed E-state index contributed by atoms with van der Waals surface area (Å²) < 4.78 is 9.59. The van der Waals surface area contributed by atoms with E-state index in [4.69, 9.17) is 10.5 Å². The van der Waals surface area contributed by atoms with E-state index < -0.39 is 6.09 Å². The van der Waals surface area contributed by atoms with Crippen LogP contribution in [0.3, 0.4) is 0 Å². The third-order valence-electron chi connectivity index (χ3n) is 2.89. The van der Waals surface area contributed by atoms with Crippen LogP contribution >= 0.6 is 0 Å². The molecule has 0 saturated heterocycles. The molecule has 0 heterocycles. The van der Waals surface area contributed by atoms with Gasteiger partial charge in [0, 0.05) is 12.6 Å². The second-order valence-electron chi connectivity index (χ2n) is 4.67. The smallest absolute Gasteiger partial charge is 0.407 e. The van der Waals surface area contributed by atoms with Crippen LogP contribution in [0, 0.1) is 0 Å². The van der Waals surface area contributed by atoms with Gasteiger partial charge in [0.05, 0.1) is 13.5 Å². The van der Waals surface area contributed by atoms with Crippen molar-refractivity contribution in [3.05, 3.63) is 35.9 Å². The number of benzene rings is 1. The Hall–Kier alpha value is -2.08. The van der Waals surface area contributed by atoms with Crippen molar-refractivity contribution in [2.24, 2.45) is 5.73 Å². The predicted molar refractivity (Wildman–Crippen MR) is 78.5 cm³/mol. The molecule has 0 aliphatic carbocycles. The minimum atomic E-state index is -0.458. The Morgan fingerprint density at radius 1 is 1.29 bits per heavy atom. The molecule has 6 heteroatoms. The number of esters is 1. The lowest BCUT2D eigenvalue weighted by atomic mass is 10.1. The van der Waals surface area contributed by atoms with Crippen molar-refractivity contribution >= 4 is 12.1 Å². The summed E-state index contributed by atoms with van der Waals surface area (Å²) in [4.78, 5) is 22.4. The first-order valence-corrected chi connectivity index (χ1v) is 6.88. The number of amides is 1. The van der Waals surface area contributed by atoms with E-state index in [1.165, 1.54) is 7.11 Å². The van der Waals surface area contributed by atoms with Crippen LogP contribution in [-0.2, 0) is 20.9 Å². The zero-order valence-electron chi connectivity index (χ0n) is 12.2. The van der Waals surface area contributed by atoms with E-state index in [-0.39, 0.29) is 25.0 Å². The molecule has 116 valence electrons. The molecule has 21 heavy (non-hydrogen) atoms. The SMILES string of the molecule is COC(=O)C[C@@H](N)CCCNC(=O)OCc1ccccc1. The zero-order chi connectivity index (χ0) is 15.5. The number of hydrogen-bond donors (Lipinski definition) is 2. The van der Waals surface area contributed by atoms with Gasteiger partial charge < -0.3 is 20.5 Å². The maximum absolute atomic E-state index is 11.4. The van der Waals surface area contributed by atoms with E-state index in [0.717, 1.165) is 5.56 Å². The topological polar surface area (TPSA) is 90.6 Å². The summed E-state index contributed by atoms with van der Waals surface area (Å²) in [6.45, 7) is 0.705. The Morgan fingerprint density at radius 3 is 2.67 bits per heavy atom. The Labute approximate surface area is 124 Å². The van der Waals surface area contributed by atoms with E-state index in [1.807, 2.05) is 30.3 Å². The van der Waals surface area contributed by atoms with Crippen molar-refractivity contribution in [3.8, 4) is 0 Å². The van der Waals surface area contributed by atoms with Crippen LogP contribution in [0.4, 0.5) is 4.79 Å². The largest absolute Gasteiger partial charge is 0.469 e. The van der Waals surface area contributed by atoms with Gasteiger partial charge in [-0.1, -0.05) is 30.3 Å². The monoisotopic (exact) mass is 294 g/mol. The fourth-order valence-electron chi connectivity index (χ4n) is 1.73. The number of methoxy groups -OCH3 is 1. The molecule has 0 aliphatic rings. The molecule has 0 bridgehead atoms. The maximum Gasteiger partial charge on any atom is 0.407 e. The van der Waals surface area contributed by atoms with Crippen molar-refractivity contribution < 1.29 is 19.1 Å². The van der Waals surface area contributed by atoms with E-state index in [2.05, 4.69) is 10.1 Å². The minimum absolute atomic E-state index is 0.189. The fourth-order valence-corrected chi connectivity index (χ4v) is 1.73. The van der Waals surface area contributed by atoms with Crippen molar-refractivity contribution in [1.29, 1.82) is 0 Å². The van der Waals surface area contributed by atoms with Gasteiger partial charge in [-0.3, -0.25) is 4.79 Å². The summed E-state index contributed by atoms with van der Waals surface area (Å²) in [5.74, 6) is -0.322. The molecule has 0 saturated carbocycles. The molecule has 0 radical (unpaired) electrons. The number of rotatable bonds is 8. The second kappa shape index (κ2) is 9.77. The highest BCUT2D eigenvalue weighted by atomic mass is 16.5. The van der Waals surface area contributed by atoms with Gasteiger partial charge in [0.1, 0.15) is 6.61 Å². The molecule has 0 aromatic heterocycles. The summed E-state index contributed by atoms with van der Waals surface area (Å²) in [6.07, 6.45) is 1.04. The van der Waals surface area contributed by atoms with E-state index in [9.17, 15) is 9.59 Å². The molecule has 0 aliphatic heterocycles. The van der Waals surface area contributed by atoms with Gasteiger partial charge in [-0.2, -0.15) is 0 Å². The predicted octanol–water partition coefficient (Wildman–Crippen LogP) is 1.58. The van der Waals surface area contributed by atoms with Gasteiger partial charge >= 0.3 is 12.1 Å².